The van der Waals surface area contributed by atoms with Gasteiger partial charge in [0, 0.05) is 5.38 Å². The van der Waals surface area contributed by atoms with Crippen LogP contribution in [0.1, 0.15) is 23.5 Å². The van der Waals surface area contributed by atoms with Crippen molar-refractivity contribution in [2.24, 2.45) is 0 Å². The van der Waals surface area contributed by atoms with Crippen molar-refractivity contribution in [3.8, 4) is 0 Å². The van der Waals surface area contributed by atoms with Crippen LogP contribution >= 0.6 is 22.9 Å². The van der Waals surface area contributed by atoms with E-state index in [1.54, 1.807) is 13.8 Å². The van der Waals surface area contributed by atoms with Crippen LogP contribution in [0.2, 0.25) is 0 Å². The molecule has 1 heterocycles. The highest BCUT2D eigenvalue weighted by molar-refractivity contribution is 7.92. The summed E-state index contributed by atoms with van der Waals surface area (Å²) in [7, 11) is -3.29. The van der Waals surface area contributed by atoms with Gasteiger partial charge in [-0.05, 0) is 31.5 Å². The number of hydrogen-bond donors (Lipinski definition) is 0. The Hall–Kier alpha value is -0.390. The third kappa shape index (κ3) is 2.16. The zero-order valence-electron chi connectivity index (χ0n) is 7.65. The van der Waals surface area contributed by atoms with E-state index in [4.69, 9.17) is 11.6 Å². The van der Waals surface area contributed by atoms with Gasteiger partial charge in [0.05, 0.1) is 15.0 Å². The van der Waals surface area contributed by atoms with Gasteiger partial charge in [-0.1, -0.05) is 0 Å². The lowest BCUT2D eigenvalue weighted by atomic mass is 10.5. The van der Waals surface area contributed by atoms with Gasteiger partial charge in [-0.2, -0.15) is 0 Å². The molecular weight excluding hydrogens is 244 g/mol. The first-order valence-electron chi connectivity index (χ1n) is 3.88. The first-order valence-corrected chi connectivity index (χ1v) is 6.68. The summed E-state index contributed by atoms with van der Waals surface area (Å²) in [4.78, 5) is 11.2. The van der Waals surface area contributed by atoms with Crippen LogP contribution in [0.25, 0.3) is 0 Å². The molecule has 78 valence electrons. The van der Waals surface area contributed by atoms with Crippen LogP contribution in [0.3, 0.4) is 0 Å². The molecule has 0 radical (unpaired) electrons. The molecule has 0 unspecified atom stereocenters. The molecular formula is C8H9ClO3S2. The maximum Gasteiger partial charge on any atom is 0.262 e. The molecule has 0 N–H and O–H groups in total. The molecule has 14 heavy (non-hydrogen) atoms. The monoisotopic (exact) mass is 252 g/mol. The molecule has 0 aliphatic carbocycles. The summed E-state index contributed by atoms with van der Waals surface area (Å²) in [5, 5.41) is 0.320. The summed E-state index contributed by atoms with van der Waals surface area (Å²) >= 11 is 6.26. The van der Waals surface area contributed by atoms with Crippen LogP contribution in [0.5, 0.6) is 0 Å². The smallest absolute Gasteiger partial charge is 0.262 e. The number of carbonyl (C=O) groups is 1. The van der Waals surface area contributed by atoms with Gasteiger partial charge in [0.1, 0.15) is 0 Å². The summed E-state index contributed by atoms with van der Waals surface area (Å²) in [5.41, 5.74) is 0. The summed E-state index contributed by atoms with van der Waals surface area (Å²) in [6.45, 7) is 3.18. The fourth-order valence-electron chi connectivity index (χ4n) is 0.843. The van der Waals surface area contributed by atoms with Crippen molar-refractivity contribution >= 4 is 38.0 Å². The van der Waals surface area contributed by atoms with Crippen molar-refractivity contribution in [2.45, 2.75) is 24.0 Å². The first kappa shape index (κ1) is 11.7. The minimum atomic E-state index is -3.29. The highest BCUT2D eigenvalue weighted by atomic mass is 35.5. The van der Waals surface area contributed by atoms with E-state index >= 15 is 0 Å². The fraction of sp³-hybridized carbons (Fsp3) is 0.375. The Kier molecular flexibility index (Phi) is 3.34. The van der Waals surface area contributed by atoms with Gasteiger partial charge < -0.3 is 0 Å². The number of carbonyl (C=O) groups excluding carboxylic acids is 1. The molecule has 0 atom stereocenters. The standard InChI is InChI=1S/C8H9ClO3S2/c1-5(2)14(11,12)6-3-7(8(9)10)13-4-6/h3-5H,1-2H3. The van der Waals surface area contributed by atoms with Gasteiger partial charge in [-0.3, -0.25) is 4.79 Å². The molecule has 0 aromatic carbocycles. The van der Waals surface area contributed by atoms with E-state index in [0.29, 0.717) is 0 Å². The Morgan fingerprint density at radius 3 is 2.43 bits per heavy atom. The van der Waals surface area contributed by atoms with E-state index < -0.39 is 20.3 Å². The molecule has 1 aromatic rings. The second-order valence-electron chi connectivity index (χ2n) is 3.01. The number of halogens is 1. The third-order valence-electron chi connectivity index (χ3n) is 1.72. The molecule has 1 aromatic heterocycles. The van der Waals surface area contributed by atoms with Crippen LogP contribution in [0.4, 0.5) is 0 Å². The van der Waals surface area contributed by atoms with Crippen LogP contribution < -0.4 is 0 Å². The number of thiophene rings is 1. The minimum absolute atomic E-state index is 0.168. The topological polar surface area (TPSA) is 51.2 Å². The van der Waals surface area contributed by atoms with E-state index in [-0.39, 0.29) is 9.77 Å². The number of hydrogen-bond acceptors (Lipinski definition) is 4. The van der Waals surface area contributed by atoms with E-state index in [2.05, 4.69) is 0 Å². The van der Waals surface area contributed by atoms with E-state index in [1.807, 2.05) is 0 Å². The molecule has 0 amide bonds. The minimum Gasteiger partial charge on any atom is -0.275 e. The molecule has 0 spiro atoms. The van der Waals surface area contributed by atoms with Crippen LogP contribution in [0.15, 0.2) is 16.3 Å². The SMILES string of the molecule is CC(C)S(=O)(=O)c1csc(C(=O)Cl)c1. The van der Waals surface area contributed by atoms with Gasteiger partial charge in [-0.25, -0.2) is 8.42 Å². The number of sulfone groups is 1. The third-order valence-corrected chi connectivity index (χ3v) is 5.25. The molecule has 0 saturated heterocycles. The molecule has 1 rings (SSSR count). The predicted molar refractivity (Wildman–Crippen MR) is 56.8 cm³/mol. The second kappa shape index (κ2) is 4.00. The molecule has 0 saturated carbocycles. The van der Waals surface area contributed by atoms with Crippen LogP contribution in [-0.4, -0.2) is 18.9 Å². The van der Waals surface area contributed by atoms with E-state index in [1.165, 1.54) is 11.4 Å². The average molecular weight is 253 g/mol. The van der Waals surface area contributed by atoms with Crippen molar-refractivity contribution < 1.29 is 13.2 Å². The highest BCUT2D eigenvalue weighted by Crippen LogP contribution is 2.23. The van der Waals surface area contributed by atoms with Gasteiger partial charge in [0.2, 0.25) is 0 Å². The lowest BCUT2D eigenvalue weighted by molar-refractivity contribution is 0.108. The van der Waals surface area contributed by atoms with Gasteiger partial charge in [-0.15, -0.1) is 11.3 Å². The molecule has 3 nitrogen and oxygen atoms in total. The first-order chi connectivity index (χ1) is 6.35. The van der Waals surface area contributed by atoms with Crippen molar-refractivity contribution in [1.29, 1.82) is 0 Å². The van der Waals surface area contributed by atoms with E-state index in [9.17, 15) is 13.2 Å². The fourth-order valence-corrected chi connectivity index (χ4v) is 3.21. The lowest BCUT2D eigenvalue weighted by Crippen LogP contribution is -2.12. The van der Waals surface area contributed by atoms with Crippen molar-refractivity contribution in [3.05, 3.63) is 16.3 Å². The molecule has 6 heteroatoms. The Balaban J connectivity index is 3.16. The normalized spacial score (nSPS) is 12.0. The zero-order valence-corrected chi connectivity index (χ0v) is 10.0. The molecule has 0 bridgehead atoms. The summed E-state index contributed by atoms with van der Waals surface area (Å²) < 4.78 is 23.2. The van der Waals surface area contributed by atoms with Gasteiger partial charge in [0.15, 0.2) is 9.84 Å². The van der Waals surface area contributed by atoms with Gasteiger partial charge in [0.25, 0.3) is 5.24 Å². The van der Waals surface area contributed by atoms with Crippen LogP contribution in [-0.2, 0) is 9.84 Å². The Bertz CT molecular complexity index is 445. The summed E-state index contributed by atoms with van der Waals surface area (Å²) in [6, 6.07) is 1.31. The zero-order chi connectivity index (χ0) is 10.9. The largest absolute Gasteiger partial charge is 0.275 e. The summed E-state index contributed by atoms with van der Waals surface area (Å²) in [6.07, 6.45) is 0. The second-order valence-corrected chi connectivity index (χ2v) is 6.77. The van der Waals surface area contributed by atoms with Gasteiger partial charge >= 0.3 is 0 Å². The Morgan fingerprint density at radius 2 is 2.07 bits per heavy atom. The predicted octanol–water partition coefficient (Wildman–Crippen LogP) is 2.31. The molecule has 0 aliphatic rings. The van der Waals surface area contributed by atoms with Crippen molar-refractivity contribution in [3.63, 3.8) is 0 Å². The lowest BCUT2D eigenvalue weighted by Gasteiger charge is -2.03. The maximum absolute atomic E-state index is 11.6. The van der Waals surface area contributed by atoms with Crippen molar-refractivity contribution in [2.75, 3.05) is 0 Å². The van der Waals surface area contributed by atoms with Crippen molar-refractivity contribution in [1.82, 2.24) is 0 Å². The van der Waals surface area contributed by atoms with Crippen LogP contribution in [0, 0.1) is 0 Å². The average Bonchev–Trinajstić information content (AvgIpc) is 2.51. The molecule has 0 fully saturated rings. The quantitative estimate of drug-likeness (QED) is 0.776. The highest BCUT2D eigenvalue weighted by Gasteiger charge is 2.21. The maximum atomic E-state index is 11.6. The Morgan fingerprint density at radius 1 is 1.50 bits per heavy atom. The van der Waals surface area contributed by atoms with E-state index in [0.717, 1.165) is 11.3 Å². The summed E-state index contributed by atoms with van der Waals surface area (Å²) in [5.74, 6) is 0. The molecule has 0 aliphatic heterocycles. The Labute approximate surface area is 91.6 Å². The number of rotatable bonds is 3.